The van der Waals surface area contributed by atoms with Crippen molar-refractivity contribution in [2.75, 3.05) is 20.2 Å². The van der Waals surface area contributed by atoms with Gasteiger partial charge in [0.2, 0.25) is 0 Å². The lowest BCUT2D eigenvalue weighted by atomic mass is 9.95. The smallest absolute Gasteiger partial charge is 0.191 e. The fourth-order valence-electron chi connectivity index (χ4n) is 3.84. The minimum absolute atomic E-state index is 0.246. The second-order valence-corrected chi connectivity index (χ2v) is 7.81. The molecule has 2 N–H and O–H groups in total. The first-order chi connectivity index (χ1) is 11.6. The van der Waals surface area contributed by atoms with E-state index in [1.807, 2.05) is 12.1 Å². The molecule has 1 aromatic heterocycles. The van der Waals surface area contributed by atoms with Crippen LogP contribution in [0.5, 0.6) is 0 Å². The first-order valence-electron chi connectivity index (χ1n) is 9.18. The second-order valence-electron chi connectivity index (χ2n) is 7.81. The summed E-state index contributed by atoms with van der Waals surface area (Å²) in [5.41, 5.74) is -0.246. The van der Waals surface area contributed by atoms with Gasteiger partial charge in [-0.05, 0) is 57.1 Å². The molecule has 0 amide bonds. The Kier molecular flexibility index (Phi) is 5.49. The van der Waals surface area contributed by atoms with Crippen LogP contribution in [0.1, 0.15) is 45.3 Å². The average Bonchev–Trinajstić information content (AvgIpc) is 3.30. The van der Waals surface area contributed by atoms with Gasteiger partial charge in [-0.25, -0.2) is 0 Å². The quantitative estimate of drug-likeness (QED) is 0.595. The van der Waals surface area contributed by atoms with Crippen molar-refractivity contribution >= 4 is 5.96 Å². The Bertz CT molecular complexity index is 539. The van der Waals surface area contributed by atoms with Gasteiger partial charge in [0.05, 0.1) is 18.4 Å². The Hall–Kier alpha value is -1.49. The zero-order valence-electron chi connectivity index (χ0n) is 15.2. The van der Waals surface area contributed by atoms with Crippen LogP contribution in [0.3, 0.4) is 0 Å². The number of furan rings is 1. The average molecular weight is 333 g/mol. The molecule has 134 valence electrons. The number of ether oxygens (including phenoxy) is 1. The summed E-state index contributed by atoms with van der Waals surface area (Å²) in [6.07, 6.45) is 8.04. The van der Waals surface area contributed by atoms with E-state index in [-0.39, 0.29) is 5.60 Å². The number of nitrogens with one attached hydrogen (secondary N) is 2. The van der Waals surface area contributed by atoms with Crippen LogP contribution in [-0.4, -0.2) is 37.8 Å². The molecule has 0 spiro atoms. The number of rotatable bonds is 7. The summed E-state index contributed by atoms with van der Waals surface area (Å²) < 4.78 is 10.9. The van der Waals surface area contributed by atoms with Gasteiger partial charge in [-0.1, -0.05) is 6.42 Å². The van der Waals surface area contributed by atoms with Crippen LogP contribution in [0.15, 0.2) is 27.8 Å². The fourth-order valence-corrected chi connectivity index (χ4v) is 3.84. The molecule has 3 rings (SSSR count). The third-order valence-electron chi connectivity index (χ3n) is 5.47. The molecule has 3 unspecified atom stereocenters. The van der Waals surface area contributed by atoms with E-state index in [0.29, 0.717) is 12.6 Å². The van der Waals surface area contributed by atoms with Crippen molar-refractivity contribution in [3.8, 4) is 0 Å². The van der Waals surface area contributed by atoms with Crippen molar-refractivity contribution in [1.82, 2.24) is 10.6 Å². The van der Waals surface area contributed by atoms with Crippen molar-refractivity contribution in [2.24, 2.45) is 16.8 Å². The first kappa shape index (κ1) is 17.3. The maximum Gasteiger partial charge on any atom is 0.191 e. The van der Waals surface area contributed by atoms with Crippen LogP contribution in [0.25, 0.3) is 0 Å². The Morgan fingerprint density at radius 3 is 2.88 bits per heavy atom. The lowest BCUT2D eigenvalue weighted by Gasteiger charge is -2.26. The fraction of sp³-hybridized carbons (Fsp3) is 0.737. The van der Waals surface area contributed by atoms with Gasteiger partial charge in [-0.2, -0.15) is 0 Å². The van der Waals surface area contributed by atoms with E-state index in [4.69, 9.17) is 14.1 Å². The summed E-state index contributed by atoms with van der Waals surface area (Å²) in [5.74, 6) is 3.65. The highest BCUT2D eigenvalue weighted by molar-refractivity contribution is 5.80. The van der Waals surface area contributed by atoms with Crippen molar-refractivity contribution in [3.05, 3.63) is 24.2 Å². The van der Waals surface area contributed by atoms with E-state index < -0.39 is 0 Å². The topological polar surface area (TPSA) is 58.8 Å². The summed E-state index contributed by atoms with van der Waals surface area (Å²) in [7, 11) is 1.74. The summed E-state index contributed by atoms with van der Waals surface area (Å²) in [5, 5.41) is 7.14. The van der Waals surface area contributed by atoms with Gasteiger partial charge in [-0.3, -0.25) is 4.99 Å². The van der Waals surface area contributed by atoms with E-state index in [0.717, 1.165) is 36.5 Å². The molecule has 5 heteroatoms. The number of aliphatic imine (C=N–C) groups is 1. The molecule has 2 saturated carbocycles. The third kappa shape index (κ3) is 4.53. The molecule has 2 aliphatic rings. The van der Waals surface area contributed by atoms with Gasteiger partial charge >= 0.3 is 0 Å². The Morgan fingerprint density at radius 1 is 1.38 bits per heavy atom. The number of fused-ring (bicyclic) bond motifs is 2. The van der Waals surface area contributed by atoms with E-state index >= 15 is 0 Å². The highest BCUT2D eigenvalue weighted by Gasteiger charge is 2.39. The lowest BCUT2D eigenvalue weighted by Crippen LogP contribution is -2.47. The van der Waals surface area contributed by atoms with Crippen LogP contribution in [0.4, 0.5) is 0 Å². The van der Waals surface area contributed by atoms with E-state index in [1.54, 1.807) is 13.4 Å². The monoisotopic (exact) mass is 333 g/mol. The van der Waals surface area contributed by atoms with Gasteiger partial charge < -0.3 is 19.8 Å². The molecule has 0 aromatic carbocycles. The Balaban J connectivity index is 1.56. The molecule has 2 fully saturated rings. The zero-order valence-corrected chi connectivity index (χ0v) is 15.2. The van der Waals surface area contributed by atoms with Gasteiger partial charge in [0.25, 0.3) is 0 Å². The predicted octanol–water partition coefficient (Wildman–Crippen LogP) is 2.97. The number of nitrogens with zero attached hydrogens (tertiary/aromatic N) is 1. The minimum atomic E-state index is -0.246. The van der Waals surface area contributed by atoms with Crippen molar-refractivity contribution in [1.29, 1.82) is 0 Å². The van der Waals surface area contributed by atoms with Crippen molar-refractivity contribution in [2.45, 2.75) is 57.6 Å². The summed E-state index contributed by atoms with van der Waals surface area (Å²) in [4.78, 5) is 4.77. The number of hydrogen-bond acceptors (Lipinski definition) is 3. The van der Waals surface area contributed by atoms with Crippen LogP contribution in [-0.2, 0) is 11.2 Å². The Labute approximate surface area is 145 Å². The minimum Gasteiger partial charge on any atom is -0.469 e. The summed E-state index contributed by atoms with van der Waals surface area (Å²) in [6.45, 7) is 5.58. The molecule has 2 bridgehead atoms. The van der Waals surface area contributed by atoms with E-state index in [2.05, 4.69) is 24.5 Å². The standard InChI is InChI=1S/C19H31N3O2/c1-19(2,23-3)13-21-18(20-9-8-16-5-4-10-24-16)22-17-12-14-6-7-15(17)11-14/h4-5,10,14-15,17H,6-9,11-13H2,1-3H3,(H2,20,21,22). The van der Waals surface area contributed by atoms with Crippen LogP contribution >= 0.6 is 0 Å². The van der Waals surface area contributed by atoms with Crippen molar-refractivity contribution in [3.63, 3.8) is 0 Å². The van der Waals surface area contributed by atoms with Gasteiger partial charge in [0, 0.05) is 26.1 Å². The molecule has 1 aromatic rings. The van der Waals surface area contributed by atoms with Crippen LogP contribution in [0, 0.1) is 11.8 Å². The number of methoxy groups -OCH3 is 1. The lowest BCUT2D eigenvalue weighted by molar-refractivity contribution is 0.0310. The zero-order chi connectivity index (χ0) is 17.0. The molecule has 5 nitrogen and oxygen atoms in total. The molecular formula is C19H31N3O2. The first-order valence-corrected chi connectivity index (χ1v) is 9.18. The van der Waals surface area contributed by atoms with Gasteiger partial charge in [0.15, 0.2) is 5.96 Å². The number of guanidine groups is 1. The molecule has 0 radical (unpaired) electrons. The molecule has 24 heavy (non-hydrogen) atoms. The van der Waals surface area contributed by atoms with Crippen LogP contribution < -0.4 is 10.6 Å². The highest BCUT2D eigenvalue weighted by Crippen LogP contribution is 2.44. The number of hydrogen-bond donors (Lipinski definition) is 2. The van der Waals surface area contributed by atoms with E-state index in [1.165, 1.54) is 25.7 Å². The molecule has 2 aliphatic carbocycles. The predicted molar refractivity (Wildman–Crippen MR) is 96.2 cm³/mol. The summed E-state index contributed by atoms with van der Waals surface area (Å²) in [6, 6.07) is 4.51. The maximum absolute atomic E-state index is 5.49. The SMILES string of the molecule is COC(C)(C)CN=C(NCCc1ccco1)NC1CC2CCC1C2. The van der Waals surface area contributed by atoms with E-state index in [9.17, 15) is 0 Å². The van der Waals surface area contributed by atoms with Gasteiger partial charge in [-0.15, -0.1) is 0 Å². The third-order valence-corrected chi connectivity index (χ3v) is 5.47. The summed E-state index contributed by atoms with van der Waals surface area (Å²) >= 11 is 0. The molecule has 0 aliphatic heterocycles. The highest BCUT2D eigenvalue weighted by atomic mass is 16.5. The van der Waals surface area contributed by atoms with Crippen molar-refractivity contribution < 1.29 is 9.15 Å². The molecule has 1 heterocycles. The largest absolute Gasteiger partial charge is 0.469 e. The molecule has 3 atom stereocenters. The molecule has 0 saturated heterocycles. The van der Waals surface area contributed by atoms with Crippen LogP contribution in [0.2, 0.25) is 0 Å². The Morgan fingerprint density at radius 2 is 2.25 bits per heavy atom. The maximum atomic E-state index is 5.49. The molecular weight excluding hydrogens is 302 g/mol. The normalized spacial score (nSPS) is 26.8. The van der Waals surface area contributed by atoms with Gasteiger partial charge in [0.1, 0.15) is 5.76 Å². The second kappa shape index (κ2) is 7.60.